The predicted molar refractivity (Wildman–Crippen MR) is 53.9 cm³/mol. The molecule has 1 aromatic heterocycles. The van der Waals surface area contributed by atoms with Crippen LogP contribution in [0.3, 0.4) is 0 Å². The smallest absolute Gasteiger partial charge is 0.356 e. The van der Waals surface area contributed by atoms with Gasteiger partial charge in [0.05, 0.1) is 0 Å². The van der Waals surface area contributed by atoms with Crippen LogP contribution in [-0.4, -0.2) is 26.8 Å². The molecule has 0 saturated heterocycles. The highest BCUT2D eigenvalue weighted by Crippen LogP contribution is 2.16. The first kappa shape index (κ1) is 11.2. The number of carboxylic acids is 1. The second-order valence-corrected chi connectivity index (χ2v) is 3.44. The van der Waals surface area contributed by atoms with Crippen LogP contribution >= 0.6 is 0 Å². The third-order valence-corrected chi connectivity index (χ3v) is 1.75. The molecule has 0 aliphatic rings. The lowest BCUT2D eigenvalue weighted by atomic mass is 10.4. The van der Waals surface area contributed by atoms with Crippen LogP contribution in [0.15, 0.2) is 6.07 Å². The van der Waals surface area contributed by atoms with Gasteiger partial charge in [-0.05, 0) is 13.8 Å². The van der Waals surface area contributed by atoms with Crippen molar-refractivity contribution in [1.82, 2.24) is 9.78 Å². The third-order valence-electron chi connectivity index (χ3n) is 1.75. The number of carbonyl (C=O) groups excluding carboxylic acids is 1. The minimum atomic E-state index is -1.11. The Morgan fingerprint density at radius 3 is 2.53 bits per heavy atom. The molecule has 2 N–H and O–H groups in total. The predicted octanol–water partition coefficient (Wildman–Crippen LogP) is 1.12. The molecule has 1 rings (SSSR count). The zero-order chi connectivity index (χ0) is 11.6. The first-order chi connectivity index (χ1) is 6.91. The third kappa shape index (κ3) is 2.55. The van der Waals surface area contributed by atoms with E-state index in [1.165, 1.54) is 17.7 Å². The summed E-state index contributed by atoms with van der Waals surface area (Å²) in [6.45, 7) is 5.06. The first-order valence-corrected chi connectivity index (χ1v) is 4.52. The normalized spacial score (nSPS) is 10.4. The van der Waals surface area contributed by atoms with Crippen LogP contribution in [0.4, 0.5) is 5.82 Å². The van der Waals surface area contributed by atoms with E-state index in [0.717, 1.165) is 0 Å². The van der Waals surface area contributed by atoms with E-state index in [-0.39, 0.29) is 17.6 Å². The molecule has 6 nitrogen and oxygen atoms in total. The van der Waals surface area contributed by atoms with Gasteiger partial charge in [0.25, 0.3) is 0 Å². The summed E-state index contributed by atoms with van der Waals surface area (Å²) < 4.78 is 1.46. The number of hydrogen-bond donors (Lipinski definition) is 2. The molecule has 1 amide bonds. The van der Waals surface area contributed by atoms with Gasteiger partial charge in [-0.1, -0.05) is 0 Å². The van der Waals surface area contributed by atoms with E-state index in [9.17, 15) is 9.59 Å². The van der Waals surface area contributed by atoms with Crippen LogP contribution in [0.2, 0.25) is 0 Å². The molecule has 15 heavy (non-hydrogen) atoms. The van der Waals surface area contributed by atoms with E-state index < -0.39 is 5.97 Å². The lowest BCUT2D eigenvalue weighted by molar-refractivity contribution is -0.114. The molecule has 0 unspecified atom stereocenters. The average Bonchev–Trinajstić information content (AvgIpc) is 2.46. The van der Waals surface area contributed by atoms with E-state index in [0.29, 0.717) is 5.82 Å². The fourth-order valence-electron chi connectivity index (χ4n) is 1.17. The van der Waals surface area contributed by atoms with Gasteiger partial charge in [0, 0.05) is 19.0 Å². The Balaban J connectivity index is 3.11. The fourth-order valence-corrected chi connectivity index (χ4v) is 1.17. The van der Waals surface area contributed by atoms with Crippen molar-refractivity contribution in [1.29, 1.82) is 0 Å². The van der Waals surface area contributed by atoms with Gasteiger partial charge in [-0.2, -0.15) is 5.10 Å². The molecule has 0 fully saturated rings. The SMILES string of the molecule is CC(=O)Nc1cc(C(=O)O)nn1C(C)C. The molecule has 0 aromatic carbocycles. The van der Waals surface area contributed by atoms with Gasteiger partial charge in [0.2, 0.25) is 5.91 Å². The number of nitrogens with one attached hydrogen (secondary N) is 1. The van der Waals surface area contributed by atoms with Crippen molar-refractivity contribution < 1.29 is 14.7 Å². The van der Waals surface area contributed by atoms with Crippen molar-refractivity contribution in [2.45, 2.75) is 26.8 Å². The largest absolute Gasteiger partial charge is 0.476 e. The van der Waals surface area contributed by atoms with Crippen LogP contribution in [0, 0.1) is 0 Å². The number of hydrogen-bond acceptors (Lipinski definition) is 3. The number of aromatic carboxylic acids is 1. The minimum Gasteiger partial charge on any atom is -0.476 e. The fraction of sp³-hybridized carbons (Fsp3) is 0.444. The van der Waals surface area contributed by atoms with Crippen molar-refractivity contribution >= 4 is 17.7 Å². The molecule has 0 aliphatic heterocycles. The summed E-state index contributed by atoms with van der Waals surface area (Å²) in [6.07, 6.45) is 0. The van der Waals surface area contributed by atoms with Crippen molar-refractivity contribution in [3.05, 3.63) is 11.8 Å². The molecule has 0 bridgehead atoms. The van der Waals surface area contributed by atoms with Crippen LogP contribution in [0.25, 0.3) is 0 Å². The van der Waals surface area contributed by atoms with Crippen molar-refractivity contribution in [2.75, 3.05) is 5.32 Å². The Hall–Kier alpha value is -1.85. The number of rotatable bonds is 3. The van der Waals surface area contributed by atoms with Crippen LogP contribution < -0.4 is 5.32 Å². The van der Waals surface area contributed by atoms with Crippen molar-refractivity contribution in [2.24, 2.45) is 0 Å². The number of amides is 1. The summed E-state index contributed by atoms with van der Waals surface area (Å²) in [6, 6.07) is 1.32. The monoisotopic (exact) mass is 211 g/mol. The summed E-state index contributed by atoms with van der Waals surface area (Å²) in [5.74, 6) is -0.968. The molecule has 0 aliphatic carbocycles. The van der Waals surface area contributed by atoms with Crippen LogP contribution in [0.1, 0.15) is 37.3 Å². The van der Waals surface area contributed by atoms with Gasteiger partial charge in [-0.25, -0.2) is 9.48 Å². The zero-order valence-electron chi connectivity index (χ0n) is 8.81. The van der Waals surface area contributed by atoms with Gasteiger partial charge < -0.3 is 10.4 Å². The lowest BCUT2D eigenvalue weighted by Crippen LogP contribution is -2.13. The molecule has 6 heteroatoms. The van der Waals surface area contributed by atoms with E-state index in [1.807, 2.05) is 13.8 Å². The Kier molecular flexibility index (Phi) is 3.08. The lowest BCUT2D eigenvalue weighted by Gasteiger charge is -2.09. The van der Waals surface area contributed by atoms with Crippen molar-refractivity contribution in [3.8, 4) is 0 Å². The Morgan fingerprint density at radius 1 is 1.53 bits per heavy atom. The highest BCUT2D eigenvalue weighted by atomic mass is 16.4. The van der Waals surface area contributed by atoms with E-state index in [1.54, 1.807) is 0 Å². The molecule has 82 valence electrons. The number of carbonyl (C=O) groups is 2. The molecule has 1 heterocycles. The van der Waals surface area contributed by atoms with E-state index in [2.05, 4.69) is 10.4 Å². The van der Waals surface area contributed by atoms with Gasteiger partial charge >= 0.3 is 5.97 Å². The van der Waals surface area contributed by atoms with Crippen molar-refractivity contribution in [3.63, 3.8) is 0 Å². The molecule has 0 radical (unpaired) electrons. The standard InChI is InChI=1S/C9H13N3O3/c1-5(2)12-8(10-6(3)13)4-7(11-12)9(14)15/h4-5H,1-3H3,(H,10,13)(H,14,15). The molecular weight excluding hydrogens is 198 g/mol. The Bertz CT molecular complexity index is 395. The molecular formula is C9H13N3O3. The van der Waals surface area contributed by atoms with Crippen LogP contribution in [0.5, 0.6) is 0 Å². The topological polar surface area (TPSA) is 84.2 Å². The van der Waals surface area contributed by atoms with Crippen LogP contribution in [-0.2, 0) is 4.79 Å². The quantitative estimate of drug-likeness (QED) is 0.784. The minimum absolute atomic E-state index is 0.0139. The summed E-state index contributed by atoms with van der Waals surface area (Å²) >= 11 is 0. The Morgan fingerprint density at radius 2 is 2.13 bits per heavy atom. The molecule has 0 spiro atoms. The first-order valence-electron chi connectivity index (χ1n) is 4.52. The maximum atomic E-state index is 10.9. The van der Waals surface area contributed by atoms with E-state index >= 15 is 0 Å². The van der Waals surface area contributed by atoms with E-state index in [4.69, 9.17) is 5.11 Å². The number of carboxylic acid groups (broad SMARTS) is 1. The summed E-state index contributed by atoms with van der Waals surface area (Å²) in [7, 11) is 0. The summed E-state index contributed by atoms with van der Waals surface area (Å²) in [5.41, 5.74) is -0.0764. The zero-order valence-corrected chi connectivity index (χ0v) is 8.81. The highest BCUT2D eigenvalue weighted by Gasteiger charge is 2.15. The second-order valence-electron chi connectivity index (χ2n) is 3.44. The summed E-state index contributed by atoms with van der Waals surface area (Å²) in [4.78, 5) is 21.6. The Labute approximate surface area is 86.9 Å². The maximum absolute atomic E-state index is 10.9. The van der Waals surface area contributed by atoms with Gasteiger partial charge in [0.15, 0.2) is 5.69 Å². The average molecular weight is 211 g/mol. The number of anilines is 1. The molecule has 0 saturated carbocycles. The van der Waals surface area contributed by atoms with Gasteiger partial charge in [-0.15, -0.1) is 0 Å². The highest BCUT2D eigenvalue weighted by molar-refractivity contribution is 5.91. The van der Waals surface area contributed by atoms with Gasteiger partial charge in [0.1, 0.15) is 5.82 Å². The molecule has 0 atom stereocenters. The maximum Gasteiger partial charge on any atom is 0.356 e. The second kappa shape index (κ2) is 4.12. The number of aromatic nitrogens is 2. The van der Waals surface area contributed by atoms with Gasteiger partial charge in [-0.3, -0.25) is 4.79 Å². The summed E-state index contributed by atoms with van der Waals surface area (Å²) in [5, 5.41) is 15.1. The number of nitrogens with zero attached hydrogens (tertiary/aromatic N) is 2. The molecule has 1 aromatic rings.